The Balaban J connectivity index is 1.32. The van der Waals surface area contributed by atoms with Crippen LogP contribution in [-0.2, 0) is 22.7 Å². The van der Waals surface area contributed by atoms with E-state index in [0.29, 0.717) is 24.3 Å². The van der Waals surface area contributed by atoms with Crippen LogP contribution in [0.15, 0.2) is 36.4 Å². The van der Waals surface area contributed by atoms with Crippen LogP contribution in [0.2, 0.25) is 5.02 Å². The highest BCUT2D eigenvalue weighted by atomic mass is 35.5. The van der Waals surface area contributed by atoms with Crippen LogP contribution in [0.25, 0.3) is 0 Å². The first-order valence-corrected chi connectivity index (χ1v) is 11.5. The van der Waals surface area contributed by atoms with Gasteiger partial charge in [0.05, 0.1) is 0 Å². The topological polar surface area (TPSA) is 73.0 Å². The normalized spacial score (nSPS) is 21.4. The van der Waals surface area contributed by atoms with E-state index < -0.39 is 17.8 Å². The number of hydrogen-bond donors (Lipinski definition) is 1. The van der Waals surface area contributed by atoms with Crippen molar-refractivity contribution in [1.82, 2.24) is 15.1 Å². The fourth-order valence-corrected chi connectivity index (χ4v) is 5.10. The standard InChI is InChI=1S/C24H24ClFN4O3/c25-19-4-2-1-3-15(19)13-28-7-9-29(10-8-28)21-12-16(26)11-17-18(21)14-30(24(17)33)20-5-6-22(31)27-23(20)32/h1-4,11-12,20H,5-10,13-14H2,(H,27,31,32). The highest BCUT2D eigenvalue weighted by Gasteiger charge is 2.41. The number of rotatable bonds is 4. The summed E-state index contributed by atoms with van der Waals surface area (Å²) in [6.45, 7) is 3.91. The maximum Gasteiger partial charge on any atom is 0.255 e. The average molecular weight is 471 g/mol. The number of hydrogen-bond acceptors (Lipinski definition) is 5. The second-order valence-corrected chi connectivity index (χ2v) is 9.11. The Bertz CT molecular complexity index is 1130. The molecule has 9 heteroatoms. The van der Waals surface area contributed by atoms with Gasteiger partial charge < -0.3 is 9.80 Å². The van der Waals surface area contributed by atoms with Crippen molar-refractivity contribution in [2.45, 2.75) is 32.0 Å². The van der Waals surface area contributed by atoms with Crippen molar-refractivity contribution in [3.8, 4) is 0 Å². The van der Waals surface area contributed by atoms with E-state index in [9.17, 15) is 18.8 Å². The van der Waals surface area contributed by atoms with Gasteiger partial charge in [-0.05, 0) is 30.2 Å². The lowest BCUT2D eigenvalue weighted by Crippen LogP contribution is -2.52. The molecule has 0 spiro atoms. The van der Waals surface area contributed by atoms with Gasteiger partial charge in [-0.15, -0.1) is 0 Å². The molecular formula is C24H24ClFN4O3. The Morgan fingerprint density at radius 3 is 2.55 bits per heavy atom. The molecule has 0 saturated carbocycles. The van der Waals surface area contributed by atoms with Crippen LogP contribution in [0.5, 0.6) is 0 Å². The van der Waals surface area contributed by atoms with E-state index in [1.807, 2.05) is 24.3 Å². The van der Waals surface area contributed by atoms with Gasteiger partial charge in [0, 0.05) is 67.5 Å². The summed E-state index contributed by atoms with van der Waals surface area (Å²) < 4.78 is 14.5. The quantitative estimate of drug-likeness (QED) is 0.695. The fraction of sp³-hybridized carbons (Fsp3) is 0.375. The lowest BCUT2D eigenvalue weighted by Gasteiger charge is -2.37. The SMILES string of the molecule is O=C1CCC(N2Cc3c(cc(F)cc3N3CCN(Cc4ccccc4Cl)CC3)C2=O)C(=O)N1. The number of carbonyl (C=O) groups excluding carboxylic acids is 3. The number of piperidine rings is 1. The molecule has 2 aromatic carbocycles. The number of amides is 3. The maximum absolute atomic E-state index is 14.5. The van der Waals surface area contributed by atoms with Gasteiger partial charge in [-0.3, -0.25) is 24.6 Å². The van der Waals surface area contributed by atoms with Crippen LogP contribution in [0.3, 0.4) is 0 Å². The van der Waals surface area contributed by atoms with E-state index in [4.69, 9.17) is 11.6 Å². The molecule has 1 N–H and O–H groups in total. The van der Waals surface area contributed by atoms with Gasteiger partial charge in [0.1, 0.15) is 11.9 Å². The van der Waals surface area contributed by atoms with Crippen LogP contribution in [0, 0.1) is 5.82 Å². The summed E-state index contributed by atoms with van der Waals surface area (Å²) in [5.41, 5.74) is 2.81. The van der Waals surface area contributed by atoms with E-state index in [2.05, 4.69) is 15.1 Å². The van der Waals surface area contributed by atoms with Gasteiger partial charge >= 0.3 is 0 Å². The Labute approximate surface area is 196 Å². The number of benzene rings is 2. The van der Waals surface area contributed by atoms with Gasteiger partial charge in [-0.1, -0.05) is 29.8 Å². The van der Waals surface area contributed by atoms with E-state index in [1.54, 1.807) is 0 Å². The monoisotopic (exact) mass is 470 g/mol. The molecule has 3 heterocycles. The molecule has 3 aliphatic heterocycles. The number of nitrogens with zero attached hydrogens (tertiary/aromatic N) is 3. The fourth-order valence-electron chi connectivity index (χ4n) is 4.90. The van der Waals surface area contributed by atoms with Crippen LogP contribution < -0.4 is 10.2 Å². The first-order valence-electron chi connectivity index (χ1n) is 11.1. The molecule has 0 aromatic heterocycles. The number of piperazine rings is 1. The molecule has 172 valence electrons. The molecule has 0 aliphatic carbocycles. The molecule has 0 bridgehead atoms. The zero-order valence-corrected chi connectivity index (χ0v) is 18.8. The van der Waals surface area contributed by atoms with Crippen molar-refractivity contribution >= 4 is 35.0 Å². The van der Waals surface area contributed by atoms with Crippen LogP contribution >= 0.6 is 11.6 Å². The molecule has 2 aromatic rings. The van der Waals surface area contributed by atoms with Crippen molar-refractivity contribution in [2.75, 3.05) is 31.1 Å². The first-order chi connectivity index (χ1) is 15.9. The summed E-state index contributed by atoms with van der Waals surface area (Å²) >= 11 is 6.30. The number of imide groups is 1. The highest BCUT2D eigenvalue weighted by Crippen LogP contribution is 2.35. The van der Waals surface area contributed by atoms with Crippen LogP contribution in [-0.4, -0.2) is 59.7 Å². The maximum atomic E-state index is 14.5. The number of carbonyl (C=O) groups is 3. The van der Waals surface area contributed by atoms with Gasteiger partial charge in [0.15, 0.2) is 0 Å². The Morgan fingerprint density at radius 1 is 1.06 bits per heavy atom. The molecule has 2 saturated heterocycles. The zero-order valence-electron chi connectivity index (χ0n) is 18.0. The summed E-state index contributed by atoms with van der Waals surface area (Å²) in [7, 11) is 0. The van der Waals surface area contributed by atoms with Crippen molar-refractivity contribution in [3.05, 3.63) is 63.9 Å². The Morgan fingerprint density at radius 2 is 1.82 bits per heavy atom. The molecule has 3 aliphatic rings. The first kappa shape index (κ1) is 21.9. The summed E-state index contributed by atoms with van der Waals surface area (Å²) in [5.74, 6) is -1.64. The molecule has 3 amide bonds. The van der Waals surface area contributed by atoms with Crippen molar-refractivity contribution in [3.63, 3.8) is 0 Å². The summed E-state index contributed by atoms with van der Waals surface area (Å²) in [6.07, 6.45) is 0.466. The number of fused-ring (bicyclic) bond motifs is 1. The lowest BCUT2D eigenvalue weighted by molar-refractivity contribution is -0.136. The van der Waals surface area contributed by atoms with E-state index >= 15 is 0 Å². The Hall–Kier alpha value is -2.97. The van der Waals surface area contributed by atoms with Gasteiger partial charge in [0.25, 0.3) is 5.91 Å². The minimum Gasteiger partial charge on any atom is -0.369 e. The van der Waals surface area contributed by atoms with E-state index in [-0.39, 0.29) is 31.2 Å². The minimum atomic E-state index is -0.717. The van der Waals surface area contributed by atoms with Crippen LogP contribution in [0.4, 0.5) is 10.1 Å². The molecule has 7 nitrogen and oxygen atoms in total. The zero-order chi connectivity index (χ0) is 23.1. The van der Waals surface area contributed by atoms with E-state index in [0.717, 1.165) is 35.8 Å². The predicted octanol–water partition coefficient (Wildman–Crippen LogP) is 2.56. The minimum absolute atomic E-state index is 0.186. The molecule has 5 rings (SSSR count). The molecule has 0 radical (unpaired) electrons. The van der Waals surface area contributed by atoms with Gasteiger partial charge in [0.2, 0.25) is 11.8 Å². The van der Waals surface area contributed by atoms with E-state index in [1.165, 1.54) is 17.0 Å². The van der Waals surface area contributed by atoms with Crippen molar-refractivity contribution in [2.24, 2.45) is 0 Å². The number of nitrogens with one attached hydrogen (secondary N) is 1. The molecule has 1 atom stereocenters. The average Bonchev–Trinajstić information content (AvgIpc) is 3.11. The molecule has 2 fully saturated rings. The Kier molecular flexibility index (Phi) is 5.80. The highest BCUT2D eigenvalue weighted by molar-refractivity contribution is 6.31. The van der Waals surface area contributed by atoms with Gasteiger partial charge in [-0.25, -0.2) is 4.39 Å². The number of halogens is 2. The second kappa shape index (κ2) is 8.76. The van der Waals surface area contributed by atoms with Crippen molar-refractivity contribution in [1.29, 1.82) is 0 Å². The molecule has 33 heavy (non-hydrogen) atoms. The number of anilines is 1. The predicted molar refractivity (Wildman–Crippen MR) is 121 cm³/mol. The largest absolute Gasteiger partial charge is 0.369 e. The van der Waals surface area contributed by atoms with Crippen LogP contribution in [0.1, 0.15) is 34.3 Å². The lowest BCUT2D eigenvalue weighted by atomic mass is 10.0. The second-order valence-electron chi connectivity index (χ2n) is 8.71. The third-order valence-electron chi connectivity index (χ3n) is 6.66. The summed E-state index contributed by atoms with van der Waals surface area (Å²) in [4.78, 5) is 42.7. The molecular weight excluding hydrogens is 447 g/mol. The molecule has 1 unspecified atom stereocenters. The summed E-state index contributed by atoms with van der Waals surface area (Å²) in [5, 5.41) is 3.05. The third kappa shape index (κ3) is 4.20. The third-order valence-corrected chi connectivity index (χ3v) is 7.03. The van der Waals surface area contributed by atoms with Gasteiger partial charge in [-0.2, -0.15) is 0 Å². The van der Waals surface area contributed by atoms with Crippen molar-refractivity contribution < 1.29 is 18.8 Å². The summed E-state index contributed by atoms with van der Waals surface area (Å²) in [6, 6.07) is 9.79. The smallest absolute Gasteiger partial charge is 0.255 e.